The van der Waals surface area contributed by atoms with Crippen molar-refractivity contribution >= 4 is 39.1 Å². The lowest BCUT2D eigenvalue weighted by molar-refractivity contribution is -0.139. The van der Waals surface area contributed by atoms with Crippen LogP contribution < -0.4 is 14.4 Å². The van der Waals surface area contributed by atoms with Gasteiger partial charge in [-0.25, -0.2) is 8.42 Å². The van der Waals surface area contributed by atoms with Crippen molar-refractivity contribution in [3.8, 4) is 5.75 Å². The van der Waals surface area contributed by atoms with E-state index in [1.54, 1.807) is 74.5 Å². The number of anilines is 1. The van der Waals surface area contributed by atoms with Crippen molar-refractivity contribution in [1.82, 2.24) is 10.2 Å². The molecule has 3 aromatic carbocycles. The number of rotatable bonds is 13. The van der Waals surface area contributed by atoms with Crippen molar-refractivity contribution in [2.45, 2.75) is 64.6 Å². The normalized spacial score (nSPS) is 12.7. The van der Waals surface area contributed by atoms with Gasteiger partial charge in [0.05, 0.1) is 17.2 Å². The van der Waals surface area contributed by atoms with Crippen molar-refractivity contribution in [3.05, 3.63) is 88.9 Å². The number of carbonyl (C=O) groups excluding carboxylic acids is 2. The number of nitrogens with one attached hydrogen (secondary N) is 1. The van der Waals surface area contributed by atoms with Gasteiger partial charge in [-0.3, -0.25) is 13.9 Å². The lowest BCUT2D eigenvalue weighted by Crippen LogP contribution is -2.52. The van der Waals surface area contributed by atoms with E-state index in [4.69, 9.17) is 16.3 Å². The summed E-state index contributed by atoms with van der Waals surface area (Å²) in [6, 6.07) is 19.1. The number of aryl methyl sites for hydroxylation is 1. The van der Waals surface area contributed by atoms with E-state index in [0.717, 1.165) is 21.9 Å². The molecule has 2 atom stereocenters. The van der Waals surface area contributed by atoms with E-state index in [1.165, 1.54) is 17.0 Å². The second-order valence-electron chi connectivity index (χ2n) is 9.87. The van der Waals surface area contributed by atoms with Crippen LogP contribution in [0.2, 0.25) is 5.02 Å². The maximum Gasteiger partial charge on any atom is 0.264 e. The SMILES string of the molecule is CCOc1ccccc1N(CC(=O)N(Cc1ccc(Cl)cc1)[C@H](C)C(=O)N[C@H](C)CC)S(=O)(=O)c1ccc(C)cc1. The van der Waals surface area contributed by atoms with Gasteiger partial charge in [-0.1, -0.05) is 60.5 Å². The van der Waals surface area contributed by atoms with E-state index < -0.39 is 28.5 Å². The number of sulfonamides is 1. The zero-order valence-electron chi connectivity index (χ0n) is 24.1. The summed E-state index contributed by atoms with van der Waals surface area (Å²) >= 11 is 6.06. The van der Waals surface area contributed by atoms with Crippen LogP contribution in [0, 0.1) is 6.92 Å². The second-order valence-corrected chi connectivity index (χ2v) is 12.2. The van der Waals surface area contributed by atoms with Crippen LogP contribution in [-0.4, -0.2) is 50.4 Å². The average molecular weight is 600 g/mol. The van der Waals surface area contributed by atoms with Gasteiger partial charge in [0, 0.05) is 17.6 Å². The Kier molecular flexibility index (Phi) is 11.2. The molecule has 0 aliphatic heterocycles. The highest BCUT2D eigenvalue weighted by molar-refractivity contribution is 7.92. The molecule has 0 aromatic heterocycles. The third-order valence-electron chi connectivity index (χ3n) is 6.76. The highest BCUT2D eigenvalue weighted by atomic mass is 35.5. The number of ether oxygens (including phenoxy) is 1. The maximum atomic E-state index is 14.1. The highest BCUT2D eigenvalue weighted by Gasteiger charge is 2.34. The largest absolute Gasteiger partial charge is 0.492 e. The first-order valence-electron chi connectivity index (χ1n) is 13.6. The molecule has 10 heteroatoms. The van der Waals surface area contributed by atoms with Gasteiger partial charge in [0.15, 0.2) is 0 Å². The van der Waals surface area contributed by atoms with Gasteiger partial charge >= 0.3 is 0 Å². The van der Waals surface area contributed by atoms with E-state index in [-0.39, 0.29) is 29.1 Å². The fourth-order valence-electron chi connectivity index (χ4n) is 4.13. The first-order valence-corrected chi connectivity index (χ1v) is 15.4. The molecule has 3 aromatic rings. The molecular formula is C31H38ClN3O5S. The molecule has 0 radical (unpaired) electrons. The molecule has 0 heterocycles. The topological polar surface area (TPSA) is 96.0 Å². The molecule has 0 saturated heterocycles. The number of amides is 2. The summed E-state index contributed by atoms with van der Waals surface area (Å²) < 4.78 is 34.9. The quantitative estimate of drug-likeness (QED) is 0.277. The number of nitrogens with zero attached hydrogens (tertiary/aromatic N) is 2. The molecule has 0 unspecified atom stereocenters. The van der Waals surface area contributed by atoms with Gasteiger partial charge in [-0.05, 0) is 76.1 Å². The van der Waals surface area contributed by atoms with E-state index in [2.05, 4.69) is 5.32 Å². The highest BCUT2D eigenvalue weighted by Crippen LogP contribution is 2.33. The summed E-state index contributed by atoms with van der Waals surface area (Å²) in [5.74, 6) is -0.552. The molecule has 3 rings (SSSR count). The van der Waals surface area contributed by atoms with Crippen LogP contribution in [0.5, 0.6) is 5.75 Å². The zero-order valence-corrected chi connectivity index (χ0v) is 25.7. The summed E-state index contributed by atoms with van der Waals surface area (Å²) in [4.78, 5) is 28.7. The van der Waals surface area contributed by atoms with Gasteiger partial charge in [0.1, 0.15) is 18.3 Å². The van der Waals surface area contributed by atoms with Crippen LogP contribution in [0.15, 0.2) is 77.7 Å². The van der Waals surface area contributed by atoms with Crippen LogP contribution in [0.1, 0.15) is 45.2 Å². The van der Waals surface area contributed by atoms with Crippen molar-refractivity contribution in [1.29, 1.82) is 0 Å². The molecule has 0 bridgehead atoms. The van der Waals surface area contributed by atoms with Crippen molar-refractivity contribution in [3.63, 3.8) is 0 Å². The first kappa shape index (κ1) is 32.0. The van der Waals surface area contributed by atoms with E-state index in [0.29, 0.717) is 17.4 Å². The third-order valence-corrected chi connectivity index (χ3v) is 8.78. The van der Waals surface area contributed by atoms with Crippen LogP contribution in [0.4, 0.5) is 5.69 Å². The number of benzene rings is 3. The number of halogens is 1. The van der Waals surface area contributed by atoms with Crippen molar-refractivity contribution in [2.75, 3.05) is 17.5 Å². The maximum absolute atomic E-state index is 14.1. The summed E-state index contributed by atoms with van der Waals surface area (Å²) in [6.45, 7) is 8.98. The molecule has 0 spiro atoms. The minimum absolute atomic E-state index is 0.0361. The third kappa shape index (κ3) is 8.24. The van der Waals surface area contributed by atoms with Gasteiger partial charge < -0.3 is 15.0 Å². The van der Waals surface area contributed by atoms with Gasteiger partial charge in [0.2, 0.25) is 11.8 Å². The lowest BCUT2D eigenvalue weighted by Gasteiger charge is -2.33. The molecule has 1 N–H and O–H groups in total. The fourth-order valence-corrected chi connectivity index (χ4v) is 5.68. The summed E-state index contributed by atoms with van der Waals surface area (Å²) in [5, 5.41) is 3.46. The molecule has 8 nitrogen and oxygen atoms in total. The average Bonchev–Trinajstić information content (AvgIpc) is 2.95. The molecule has 41 heavy (non-hydrogen) atoms. The molecular weight excluding hydrogens is 562 g/mol. The van der Waals surface area contributed by atoms with Crippen LogP contribution in [0.3, 0.4) is 0 Å². The Morgan fingerprint density at radius 1 is 0.951 bits per heavy atom. The van der Waals surface area contributed by atoms with Crippen LogP contribution in [-0.2, 0) is 26.2 Å². The molecule has 2 amide bonds. The number of hydrogen-bond donors (Lipinski definition) is 1. The predicted octanol–water partition coefficient (Wildman–Crippen LogP) is 5.57. The van der Waals surface area contributed by atoms with Crippen LogP contribution in [0.25, 0.3) is 0 Å². The molecule has 0 fully saturated rings. The summed E-state index contributed by atoms with van der Waals surface area (Å²) in [7, 11) is -4.20. The Labute approximate surface area is 248 Å². The Bertz CT molecular complexity index is 1430. The minimum Gasteiger partial charge on any atom is -0.492 e. The van der Waals surface area contributed by atoms with Gasteiger partial charge in [-0.2, -0.15) is 0 Å². The van der Waals surface area contributed by atoms with E-state index in [9.17, 15) is 18.0 Å². The van der Waals surface area contributed by atoms with E-state index >= 15 is 0 Å². The number of para-hydroxylation sites is 2. The number of carbonyl (C=O) groups is 2. The predicted molar refractivity (Wildman–Crippen MR) is 163 cm³/mol. The van der Waals surface area contributed by atoms with Crippen LogP contribution >= 0.6 is 11.6 Å². The Morgan fingerprint density at radius 2 is 1.59 bits per heavy atom. The number of hydrogen-bond acceptors (Lipinski definition) is 5. The second kappa shape index (κ2) is 14.4. The van der Waals surface area contributed by atoms with Gasteiger partial charge in [-0.15, -0.1) is 0 Å². The zero-order chi connectivity index (χ0) is 30.2. The summed E-state index contributed by atoms with van der Waals surface area (Å²) in [6.07, 6.45) is 0.723. The van der Waals surface area contributed by atoms with Gasteiger partial charge in [0.25, 0.3) is 10.0 Å². The monoisotopic (exact) mass is 599 g/mol. The molecule has 0 aliphatic rings. The minimum atomic E-state index is -4.20. The first-order chi connectivity index (χ1) is 19.5. The Hall–Kier alpha value is -3.56. The molecule has 220 valence electrons. The lowest BCUT2D eigenvalue weighted by atomic mass is 10.1. The molecule has 0 saturated carbocycles. The van der Waals surface area contributed by atoms with E-state index in [1.807, 2.05) is 20.8 Å². The van der Waals surface area contributed by atoms with Crippen molar-refractivity contribution in [2.24, 2.45) is 0 Å². The Morgan fingerprint density at radius 3 is 2.20 bits per heavy atom. The molecule has 0 aliphatic carbocycles. The summed E-state index contributed by atoms with van der Waals surface area (Å²) in [5.41, 5.74) is 1.87. The standard InChI is InChI=1S/C31H38ClN3O5S/c1-6-23(4)33-31(37)24(5)34(20-25-14-16-26(32)17-15-25)30(36)21-35(28-10-8-9-11-29(28)40-7-2)41(38,39)27-18-12-22(3)13-19-27/h8-19,23-24H,6-7,20-21H2,1-5H3,(H,33,37)/t23-,24-/m1/s1. The van der Waals surface area contributed by atoms with Crippen molar-refractivity contribution < 1.29 is 22.7 Å². The Balaban J connectivity index is 2.07. The smallest absolute Gasteiger partial charge is 0.264 e. The fraction of sp³-hybridized carbons (Fsp3) is 0.355.